The summed E-state index contributed by atoms with van der Waals surface area (Å²) in [6, 6.07) is 10.2. The fourth-order valence-electron chi connectivity index (χ4n) is 2.55. The Hall–Kier alpha value is -1.38. The molecule has 1 aromatic rings. The van der Waals surface area contributed by atoms with Gasteiger partial charge in [-0.05, 0) is 5.56 Å². The number of hydrogen-bond donors (Lipinski definition) is 3. The zero-order valence-electron chi connectivity index (χ0n) is 14.0. The molecule has 0 saturated carbocycles. The lowest BCUT2D eigenvalue weighted by atomic mass is 10.0. The Morgan fingerprint density at radius 1 is 1.08 bits per heavy atom. The lowest BCUT2D eigenvalue weighted by Gasteiger charge is -2.35. The number of morpholine rings is 1. The number of carbonyl (C=O) groups is 2. The number of amides is 2. The summed E-state index contributed by atoms with van der Waals surface area (Å²) < 4.78 is 5.40. The van der Waals surface area contributed by atoms with Gasteiger partial charge in [0.1, 0.15) is 0 Å². The fraction of sp³-hybridized carbons (Fsp3) is 0.500. The van der Waals surface area contributed by atoms with Crippen LogP contribution in [0.2, 0.25) is 0 Å². The largest absolute Gasteiger partial charge is 0.379 e. The van der Waals surface area contributed by atoms with Gasteiger partial charge in [0.2, 0.25) is 11.8 Å². The number of benzene rings is 1. The molecule has 2 rings (SSSR count). The highest BCUT2D eigenvalue weighted by Gasteiger charge is 2.22. The van der Waals surface area contributed by atoms with Gasteiger partial charge in [-0.2, -0.15) is 0 Å². The van der Waals surface area contributed by atoms with E-state index in [2.05, 4.69) is 27.7 Å². The van der Waals surface area contributed by atoms with Crippen LogP contribution in [0.25, 0.3) is 0 Å². The van der Waals surface area contributed by atoms with E-state index in [0.29, 0.717) is 19.8 Å². The molecule has 0 aliphatic carbocycles. The second-order valence-corrected chi connectivity index (χ2v) is 5.36. The van der Waals surface area contributed by atoms with E-state index >= 15 is 0 Å². The highest BCUT2D eigenvalue weighted by Crippen LogP contribution is 2.20. The van der Waals surface area contributed by atoms with Crippen molar-refractivity contribution < 1.29 is 14.3 Å². The Labute approximate surface area is 160 Å². The summed E-state index contributed by atoms with van der Waals surface area (Å²) in [5.74, 6) is -0.561. The van der Waals surface area contributed by atoms with Crippen molar-refractivity contribution in [2.24, 2.45) is 5.73 Å². The minimum atomic E-state index is -0.340. The van der Waals surface area contributed by atoms with Gasteiger partial charge in [-0.1, -0.05) is 30.3 Å². The maximum atomic E-state index is 11.9. The molecule has 0 bridgehead atoms. The summed E-state index contributed by atoms with van der Waals surface area (Å²) in [5.41, 5.74) is 6.35. The molecule has 1 atom stereocenters. The second-order valence-electron chi connectivity index (χ2n) is 5.36. The SMILES string of the molecule is Cl.Cl.NCC(=O)NCC(=O)NCC(c1ccccc1)N1CCOCC1. The Bertz CT molecular complexity index is 513. The van der Waals surface area contributed by atoms with Crippen molar-refractivity contribution in [1.82, 2.24) is 15.5 Å². The van der Waals surface area contributed by atoms with Crippen LogP contribution in [-0.4, -0.2) is 62.7 Å². The smallest absolute Gasteiger partial charge is 0.239 e. The molecule has 0 aromatic heterocycles. The van der Waals surface area contributed by atoms with Gasteiger partial charge in [0.15, 0.2) is 0 Å². The third-order valence-electron chi connectivity index (χ3n) is 3.79. The topological polar surface area (TPSA) is 96.7 Å². The van der Waals surface area contributed by atoms with Gasteiger partial charge in [0.05, 0.1) is 32.3 Å². The van der Waals surface area contributed by atoms with Crippen molar-refractivity contribution in [3.05, 3.63) is 35.9 Å². The summed E-state index contributed by atoms with van der Waals surface area (Å²) >= 11 is 0. The van der Waals surface area contributed by atoms with E-state index in [-0.39, 0.29) is 55.8 Å². The third kappa shape index (κ3) is 8.02. The maximum absolute atomic E-state index is 11.9. The Morgan fingerprint density at radius 2 is 1.72 bits per heavy atom. The predicted molar refractivity (Wildman–Crippen MR) is 101 cm³/mol. The molecule has 4 N–H and O–H groups in total. The minimum Gasteiger partial charge on any atom is -0.379 e. The molecule has 0 spiro atoms. The molecular weight excluding hydrogens is 367 g/mol. The highest BCUT2D eigenvalue weighted by molar-refractivity contribution is 5.86. The van der Waals surface area contributed by atoms with Crippen LogP contribution in [0.3, 0.4) is 0 Å². The normalized spacial score (nSPS) is 15.2. The average Bonchev–Trinajstić information content (AvgIpc) is 2.61. The third-order valence-corrected chi connectivity index (χ3v) is 3.79. The molecular formula is C16H26Cl2N4O3. The number of carbonyl (C=O) groups excluding carboxylic acids is 2. The first kappa shape index (κ1) is 23.6. The first-order valence-corrected chi connectivity index (χ1v) is 7.81. The molecule has 9 heteroatoms. The first-order chi connectivity index (χ1) is 11.2. The van der Waals surface area contributed by atoms with E-state index in [1.54, 1.807) is 0 Å². The van der Waals surface area contributed by atoms with Crippen LogP contribution in [-0.2, 0) is 14.3 Å². The lowest BCUT2D eigenvalue weighted by Crippen LogP contribution is -2.46. The van der Waals surface area contributed by atoms with Crippen molar-refractivity contribution in [3.8, 4) is 0 Å². The zero-order valence-corrected chi connectivity index (χ0v) is 15.6. The van der Waals surface area contributed by atoms with Crippen molar-refractivity contribution in [1.29, 1.82) is 0 Å². The molecule has 1 aliphatic heterocycles. The van der Waals surface area contributed by atoms with Crippen LogP contribution in [0.1, 0.15) is 11.6 Å². The van der Waals surface area contributed by atoms with Gasteiger partial charge in [0, 0.05) is 19.6 Å². The average molecular weight is 393 g/mol. The molecule has 1 aromatic carbocycles. The number of ether oxygens (including phenoxy) is 1. The summed E-state index contributed by atoms with van der Waals surface area (Å²) in [6.07, 6.45) is 0. The van der Waals surface area contributed by atoms with E-state index in [0.717, 1.165) is 18.7 Å². The van der Waals surface area contributed by atoms with Crippen molar-refractivity contribution in [2.75, 3.05) is 45.9 Å². The molecule has 1 fully saturated rings. The van der Waals surface area contributed by atoms with Crippen LogP contribution in [0.15, 0.2) is 30.3 Å². The van der Waals surface area contributed by atoms with Crippen LogP contribution < -0.4 is 16.4 Å². The van der Waals surface area contributed by atoms with E-state index in [1.807, 2.05) is 18.2 Å². The van der Waals surface area contributed by atoms with Gasteiger partial charge in [-0.3, -0.25) is 14.5 Å². The predicted octanol–water partition coefficient (Wildman–Crippen LogP) is 0.0946. The highest BCUT2D eigenvalue weighted by atomic mass is 35.5. The number of rotatable bonds is 7. The molecule has 25 heavy (non-hydrogen) atoms. The van der Waals surface area contributed by atoms with Gasteiger partial charge in [0.25, 0.3) is 0 Å². The van der Waals surface area contributed by atoms with Gasteiger partial charge in [-0.25, -0.2) is 0 Å². The summed E-state index contributed by atoms with van der Waals surface area (Å²) in [5, 5.41) is 5.35. The van der Waals surface area contributed by atoms with E-state index in [4.69, 9.17) is 10.5 Å². The van der Waals surface area contributed by atoms with E-state index < -0.39 is 0 Å². The van der Waals surface area contributed by atoms with Gasteiger partial charge in [-0.15, -0.1) is 24.8 Å². The molecule has 2 amide bonds. The summed E-state index contributed by atoms with van der Waals surface area (Å²) in [6.45, 7) is 3.38. The standard InChI is InChI=1S/C16H24N4O3.2ClH/c17-10-15(21)19-12-16(22)18-11-14(13-4-2-1-3-5-13)20-6-8-23-9-7-20;;/h1-5,14H,6-12,17H2,(H,18,22)(H,19,21);2*1H. The Balaban J connectivity index is 0.00000288. The van der Waals surface area contributed by atoms with Crippen molar-refractivity contribution in [2.45, 2.75) is 6.04 Å². The van der Waals surface area contributed by atoms with Crippen LogP contribution in [0.4, 0.5) is 0 Å². The Morgan fingerprint density at radius 3 is 2.32 bits per heavy atom. The number of nitrogens with one attached hydrogen (secondary N) is 2. The summed E-state index contributed by atoms with van der Waals surface area (Å²) in [7, 11) is 0. The molecule has 1 heterocycles. The quantitative estimate of drug-likeness (QED) is 0.611. The number of hydrogen-bond acceptors (Lipinski definition) is 5. The molecule has 0 radical (unpaired) electrons. The Kier molecular flexibility index (Phi) is 12.2. The van der Waals surface area contributed by atoms with E-state index in [1.165, 1.54) is 0 Å². The fourth-order valence-corrected chi connectivity index (χ4v) is 2.55. The van der Waals surface area contributed by atoms with Crippen LogP contribution in [0, 0.1) is 0 Å². The maximum Gasteiger partial charge on any atom is 0.239 e. The first-order valence-electron chi connectivity index (χ1n) is 7.81. The van der Waals surface area contributed by atoms with Crippen LogP contribution >= 0.6 is 24.8 Å². The molecule has 142 valence electrons. The van der Waals surface area contributed by atoms with Gasteiger partial charge >= 0.3 is 0 Å². The monoisotopic (exact) mass is 392 g/mol. The van der Waals surface area contributed by atoms with Crippen molar-refractivity contribution in [3.63, 3.8) is 0 Å². The molecule has 1 aliphatic rings. The van der Waals surface area contributed by atoms with Crippen LogP contribution in [0.5, 0.6) is 0 Å². The van der Waals surface area contributed by atoms with E-state index in [9.17, 15) is 9.59 Å². The molecule has 7 nitrogen and oxygen atoms in total. The van der Waals surface area contributed by atoms with Crippen molar-refractivity contribution >= 4 is 36.6 Å². The summed E-state index contributed by atoms with van der Waals surface area (Å²) in [4.78, 5) is 25.3. The second kappa shape index (κ2) is 12.9. The number of nitrogens with zero attached hydrogens (tertiary/aromatic N) is 1. The molecule has 1 saturated heterocycles. The number of halogens is 2. The molecule has 1 unspecified atom stereocenters. The van der Waals surface area contributed by atoms with Gasteiger partial charge < -0.3 is 21.1 Å². The lowest BCUT2D eigenvalue weighted by molar-refractivity contribution is -0.125. The minimum absolute atomic E-state index is 0. The zero-order chi connectivity index (χ0) is 16.5. The number of nitrogens with two attached hydrogens (primary N) is 1.